The topological polar surface area (TPSA) is 46.5 Å². The van der Waals surface area contributed by atoms with Crippen molar-refractivity contribution >= 4 is 5.97 Å². The van der Waals surface area contributed by atoms with Gasteiger partial charge >= 0.3 is 5.97 Å². The fourth-order valence-corrected chi connectivity index (χ4v) is 2.17. The molecule has 3 heteroatoms. The van der Waals surface area contributed by atoms with E-state index in [2.05, 4.69) is 18.6 Å². The maximum absolute atomic E-state index is 11.4. The summed E-state index contributed by atoms with van der Waals surface area (Å²) in [5, 5.41) is 10.4. The van der Waals surface area contributed by atoms with Gasteiger partial charge in [-0.15, -0.1) is 0 Å². The van der Waals surface area contributed by atoms with Gasteiger partial charge in [0, 0.05) is 0 Å². The van der Waals surface area contributed by atoms with Gasteiger partial charge in [-0.25, -0.2) is 4.79 Å². The van der Waals surface area contributed by atoms with Gasteiger partial charge in [0.15, 0.2) is 0 Å². The number of benzene rings is 2. The highest BCUT2D eigenvalue weighted by atomic mass is 16.5. The number of ether oxygens (including phenoxy) is 1. The van der Waals surface area contributed by atoms with Crippen molar-refractivity contribution in [3.05, 3.63) is 70.8 Å². The monoisotopic (exact) mass is 284 g/mol. The van der Waals surface area contributed by atoms with Crippen molar-refractivity contribution < 1.29 is 14.6 Å². The molecule has 2 rings (SSSR count). The fourth-order valence-electron chi connectivity index (χ4n) is 2.17. The van der Waals surface area contributed by atoms with Crippen molar-refractivity contribution in [2.45, 2.75) is 25.9 Å². The van der Waals surface area contributed by atoms with Crippen LogP contribution in [0.15, 0.2) is 48.5 Å². The van der Waals surface area contributed by atoms with Crippen LogP contribution < -0.4 is 0 Å². The summed E-state index contributed by atoms with van der Waals surface area (Å²) in [6.45, 7) is 4.27. The molecule has 2 aromatic carbocycles. The van der Waals surface area contributed by atoms with Crippen LogP contribution >= 0.6 is 0 Å². The molecule has 0 aliphatic carbocycles. The molecule has 0 spiro atoms. The predicted molar refractivity (Wildman–Crippen MR) is 82.4 cm³/mol. The maximum Gasteiger partial charge on any atom is 0.337 e. The van der Waals surface area contributed by atoms with Gasteiger partial charge in [0.2, 0.25) is 0 Å². The zero-order chi connectivity index (χ0) is 15.4. The standard InChI is InChI=1S/C18H20O3/c1-12(2)13-4-6-14(7-5-13)17(19)15-8-10-16(11-9-15)18(20)21-3/h4-12,17,19H,1-3H3. The summed E-state index contributed by atoms with van der Waals surface area (Å²) in [5.74, 6) is 0.0906. The molecule has 3 nitrogen and oxygen atoms in total. The quantitative estimate of drug-likeness (QED) is 0.871. The second-order valence-corrected chi connectivity index (χ2v) is 5.34. The summed E-state index contributed by atoms with van der Waals surface area (Å²) in [5.41, 5.74) is 3.31. The molecule has 0 aromatic heterocycles. The van der Waals surface area contributed by atoms with E-state index in [1.165, 1.54) is 12.7 Å². The van der Waals surface area contributed by atoms with Crippen molar-refractivity contribution in [2.75, 3.05) is 7.11 Å². The molecule has 1 unspecified atom stereocenters. The Labute approximate surface area is 125 Å². The van der Waals surface area contributed by atoms with Crippen LogP contribution in [0.4, 0.5) is 0 Å². The smallest absolute Gasteiger partial charge is 0.337 e. The van der Waals surface area contributed by atoms with Crippen LogP contribution in [0, 0.1) is 0 Å². The van der Waals surface area contributed by atoms with E-state index in [-0.39, 0.29) is 5.97 Å². The number of aliphatic hydroxyl groups is 1. The summed E-state index contributed by atoms with van der Waals surface area (Å²) in [6.07, 6.45) is -0.696. The minimum absolute atomic E-state index is 0.377. The predicted octanol–water partition coefficient (Wildman–Crippen LogP) is 3.68. The molecule has 0 radical (unpaired) electrons. The molecular formula is C18H20O3. The number of aliphatic hydroxyl groups excluding tert-OH is 1. The fraction of sp³-hybridized carbons (Fsp3) is 0.278. The van der Waals surface area contributed by atoms with E-state index in [1.54, 1.807) is 24.3 Å². The minimum atomic E-state index is -0.696. The van der Waals surface area contributed by atoms with E-state index in [9.17, 15) is 9.90 Å². The van der Waals surface area contributed by atoms with Crippen LogP contribution in [0.1, 0.15) is 52.9 Å². The minimum Gasteiger partial charge on any atom is -0.465 e. The first-order valence-electron chi connectivity index (χ1n) is 6.99. The van der Waals surface area contributed by atoms with E-state index in [1.807, 2.05) is 24.3 Å². The summed E-state index contributed by atoms with van der Waals surface area (Å²) in [7, 11) is 1.35. The van der Waals surface area contributed by atoms with Gasteiger partial charge in [-0.05, 0) is 34.7 Å². The SMILES string of the molecule is COC(=O)c1ccc(C(O)c2ccc(C(C)C)cc2)cc1. The normalized spacial score (nSPS) is 12.2. The summed E-state index contributed by atoms with van der Waals surface area (Å²) in [4.78, 5) is 11.4. The molecule has 21 heavy (non-hydrogen) atoms. The molecule has 0 aliphatic heterocycles. The first kappa shape index (κ1) is 15.3. The molecule has 0 saturated carbocycles. The first-order valence-corrected chi connectivity index (χ1v) is 6.99. The van der Waals surface area contributed by atoms with Gasteiger partial charge in [0.1, 0.15) is 6.10 Å². The highest BCUT2D eigenvalue weighted by molar-refractivity contribution is 5.89. The third kappa shape index (κ3) is 3.50. The van der Waals surface area contributed by atoms with Gasteiger partial charge in [0.05, 0.1) is 12.7 Å². The Hall–Kier alpha value is -2.13. The first-order chi connectivity index (χ1) is 10.0. The molecule has 0 amide bonds. The Balaban J connectivity index is 2.19. The Kier molecular flexibility index (Phi) is 4.76. The van der Waals surface area contributed by atoms with E-state index < -0.39 is 6.10 Å². The Morgan fingerprint density at radius 1 is 0.905 bits per heavy atom. The second kappa shape index (κ2) is 6.55. The molecular weight excluding hydrogens is 264 g/mol. The number of carbonyl (C=O) groups is 1. The van der Waals surface area contributed by atoms with Crippen molar-refractivity contribution in [2.24, 2.45) is 0 Å². The Morgan fingerprint density at radius 3 is 1.76 bits per heavy atom. The molecule has 0 fully saturated rings. The lowest BCUT2D eigenvalue weighted by Crippen LogP contribution is -2.03. The average Bonchev–Trinajstić information content (AvgIpc) is 2.53. The van der Waals surface area contributed by atoms with Crippen molar-refractivity contribution in [1.29, 1.82) is 0 Å². The lowest BCUT2D eigenvalue weighted by atomic mass is 9.96. The third-order valence-electron chi connectivity index (χ3n) is 3.57. The van der Waals surface area contributed by atoms with Crippen LogP contribution in [0.2, 0.25) is 0 Å². The van der Waals surface area contributed by atoms with Gasteiger partial charge in [-0.1, -0.05) is 50.2 Å². The molecule has 0 bridgehead atoms. The number of esters is 1. The van der Waals surface area contributed by atoms with Crippen LogP contribution in [0.25, 0.3) is 0 Å². The molecule has 1 N–H and O–H groups in total. The zero-order valence-electron chi connectivity index (χ0n) is 12.5. The third-order valence-corrected chi connectivity index (χ3v) is 3.57. The number of hydrogen-bond donors (Lipinski definition) is 1. The van der Waals surface area contributed by atoms with Gasteiger partial charge in [0.25, 0.3) is 0 Å². The van der Waals surface area contributed by atoms with Crippen molar-refractivity contribution in [3.8, 4) is 0 Å². The number of rotatable bonds is 4. The lowest BCUT2D eigenvalue weighted by Gasteiger charge is -2.13. The largest absolute Gasteiger partial charge is 0.465 e. The maximum atomic E-state index is 11.4. The molecule has 1 atom stereocenters. The highest BCUT2D eigenvalue weighted by Gasteiger charge is 2.12. The van der Waals surface area contributed by atoms with Crippen LogP contribution in [-0.2, 0) is 4.74 Å². The molecule has 0 heterocycles. The van der Waals surface area contributed by atoms with Crippen LogP contribution in [0.5, 0.6) is 0 Å². The summed E-state index contributed by atoms with van der Waals surface area (Å²) >= 11 is 0. The van der Waals surface area contributed by atoms with Crippen molar-refractivity contribution in [1.82, 2.24) is 0 Å². The average molecular weight is 284 g/mol. The highest BCUT2D eigenvalue weighted by Crippen LogP contribution is 2.24. The number of carbonyl (C=O) groups excluding carboxylic acids is 1. The summed E-state index contributed by atoms with van der Waals surface area (Å²) in [6, 6.07) is 14.8. The second-order valence-electron chi connectivity index (χ2n) is 5.34. The van der Waals surface area contributed by atoms with Gasteiger partial charge < -0.3 is 9.84 Å². The molecule has 2 aromatic rings. The van der Waals surface area contributed by atoms with Gasteiger partial charge in [-0.3, -0.25) is 0 Å². The lowest BCUT2D eigenvalue weighted by molar-refractivity contribution is 0.0600. The molecule has 0 aliphatic rings. The van der Waals surface area contributed by atoms with Crippen molar-refractivity contribution in [3.63, 3.8) is 0 Å². The molecule has 0 saturated heterocycles. The van der Waals surface area contributed by atoms with E-state index in [0.717, 1.165) is 11.1 Å². The van der Waals surface area contributed by atoms with E-state index in [0.29, 0.717) is 11.5 Å². The van der Waals surface area contributed by atoms with E-state index >= 15 is 0 Å². The zero-order valence-corrected chi connectivity index (χ0v) is 12.5. The Bertz CT molecular complexity index is 597. The van der Waals surface area contributed by atoms with Crippen LogP contribution in [0.3, 0.4) is 0 Å². The van der Waals surface area contributed by atoms with Gasteiger partial charge in [-0.2, -0.15) is 0 Å². The number of hydrogen-bond acceptors (Lipinski definition) is 3. The molecule has 110 valence electrons. The number of methoxy groups -OCH3 is 1. The van der Waals surface area contributed by atoms with E-state index in [4.69, 9.17) is 0 Å². The Morgan fingerprint density at radius 2 is 1.33 bits per heavy atom. The van der Waals surface area contributed by atoms with Crippen LogP contribution in [-0.4, -0.2) is 18.2 Å². The summed E-state index contributed by atoms with van der Waals surface area (Å²) < 4.78 is 4.66.